The van der Waals surface area contributed by atoms with E-state index < -0.39 is 10.0 Å². The van der Waals surface area contributed by atoms with Crippen molar-refractivity contribution in [2.24, 2.45) is 0 Å². The van der Waals surface area contributed by atoms with Crippen LogP contribution in [0, 0.1) is 6.92 Å². The highest BCUT2D eigenvalue weighted by Crippen LogP contribution is 2.28. The van der Waals surface area contributed by atoms with Gasteiger partial charge in [-0.3, -0.25) is 9.52 Å². The van der Waals surface area contributed by atoms with Crippen LogP contribution < -0.4 is 4.72 Å². The van der Waals surface area contributed by atoms with Crippen molar-refractivity contribution < 1.29 is 13.2 Å². The lowest BCUT2D eigenvalue weighted by molar-refractivity contribution is 0.0735. The summed E-state index contributed by atoms with van der Waals surface area (Å²) in [6.07, 6.45) is 0.833. The highest BCUT2D eigenvalue weighted by molar-refractivity contribution is 9.10. The normalized spacial score (nSPS) is 13.8. The molecule has 1 amide bonds. The third-order valence-corrected chi connectivity index (χ3v) is 7.93. The third-order valence-electron chi connectivity index (χ3n) is 4.85. The Morgan fingerprint density at radius 1 is 1.17 bits per heavy atom. The summed E-state index contributed by atoms with van der Waals surface area (Å²) in [6, 6.07) is 13.7. The van der Waals surface area contributed by atoms with Crippen LogP contribution in [0.3, 0.4) is 0 Å². The van der Waals surface area contributed by atoms with Crippen LogP contribution in [-0.4, -0.2) is 25.8 Å². The Labute approximate surface area is 182 Å². The van der Waals surface area contributed by atoms with Gasteiger partial charge in [0.2, 0.25) is 0 Å². The van der Waals surface area contributed by atoms with Gasteiger partial charge in [-0.2, -0.15) is 0 Å². The average Bonchev–Trinajstić information content (AvgIpc) is 3.18. The van der Waals surface area contributed by atoms with Crippen LogP contribution in [-0.2, 0) is 23.0 Å². The fraction of sp³-hybridized carbons (Fsp3) is 0.190. The third kappa shape index (κ3) is 4.24. The molecule has 5 nitrogen and oxygen atoms in total. The van der Waals surface area contributed by atoms with Crippen LogP contribution in [0.4, 0.5) is 5.69 Å². The maximum Gasteiger partial charge on any atom is 0.261 e. The topological polar surface area (TPSA) is 66.5 Å². The lowest BCUT2D eigenvalue weighted by atomic mass is 10.1. The second-order valence-corrected chi connectivity index (χ2v) is 10.5. The Bertz CT molecular complexity index is 1190. The predicted molar refractivity (Wildman–Crippen MR) is 119 cm³/mol. The van der Waals surface area contributed by atoms with E-state index in [-0.39, 0.29) is 10.8 Å². The maximum absolute atomic E-state index is 13.0. The van der Waals surface area contributed by atoms with Crippen molar-refractivity contribution >= 4 is 48.9 Å². The van der Waals surface area contributed by atoms with Gasteiger partial charge in [0.25, 0.3) is 15.9 Å². The zero-order valence-electron chi connectivity index (χ0n) is 15.7. The van der Waals surface area contributed by atoms with Crippen LogP contribution >= 0.6 is 27.3 Å². The van der Waals surface area contributed by atoms with Crippen LogP contribution in [0.5, 0.6) is 0 Å². The number of nitrogens with zero attached hydrogens (tertiary/aromatic N) is 1. The average molecular weight is 491 g/mol. The molecule has 2 heterocycles. The van der Waals surface area contributed by atoms with Crippen molar-refractivity contribution in [3.05, 3.63) is 80.0 Å². The van der Waals surface area contributed by atoms with Crippen LogP contribution in [0.2, 0.25) is 0 Å². The molecule has 1 aliphatic rings. The molecule has 8 heteroatoms. The molecule has 0 atom stereocenters. The first-order valence-electron chi connectivity index (χ1n) is 9.07. The molecule has 2 aromatic carbocycles. The van der Waals surface area contributed by atoms with Gasteiger partial charge in [0.15, 0.2) is 0 Å². The number of anilines is 1. The fourth-order valence-corrected chi connectivity index (χ4v) is 5.80. The summed E-state index contributed by atoms with van der Waals surface area (Å²) in [5.41, 5.74) is 2.94. The summed E-state index contributed by atoms with van der Waals surface area (Å²) >= 11 is 5.08. The summed E-state index contributed by atoms with van der Waals surface area (Å²) < 4.78 is 29.0. The molecule has 0 saturated carbocycles. The molecule has 3 aromatic rings. The first kappa shape index (κ1) is 20.1. The van der Waals surface area contributed by atoms with Crippen LogP contribution in [0.15, 0.2) is 63.3 Å². The maximum atomic E-state index is 13.0. The first-order chi connectivity index (χ1) is 13.8. The molecule has 0 unspecified atom stereocenters. The van der Waals surface area contributed by atoms with Gasteiger partial charge in [-0.15, -0.1) is 11.3 Å². The van der Waals surface area contributed by atoms with E-state index in [1.807, 2.05) is 24.4 Å². The van der Waals surface area contributed by atoms with E-state index in [1.54, 1.807) is 40.5 Å². The Morgan fingerprint density at radius 3 is 2.83 bits per heavy atom. The van der Waals surface area contributed by atoms with Gasteiger partial charge < -0.3 is 4.90 Å². The summed E-state index contributed by atoms with van der Waals surface area (Å²) in [5.74, 6) is -0.157. The minimum Gasteiger partial charge on any atom is -0.334 e. The van der Waals surface area contributed by atoms with Gasteiger partial charge in [-0.1, -0.05) is 12.1 Å². The minimum atomic E-state index is -3.83. The number of hydrogen-bond acceptors (Lipinski definition) is 4. The smallest absolute Gasteiger partial charge is 0.261 e. The Kier molecular flexibility index (Phi) is 5.50. The van der Waals surface area contributed by atoms with E-state index in [1.165, 1.54) is 22.6 Å². The summed E-state index contributed by atoms with van der Waals surface area (Å²) in [4.78, 5) is 16.1. The quantitative estimate of drug-likeness (QED) is 0.569. The Balaban J connectivity index is 1.58. The molecular weight excluding hydrogens is 472 g/mol. The highest BCUT2D eigenvalue weighted by Gasteiger charge is 2.24. The van der Waals surface area contributed by atoms with E-state index in [9.17, 15) is 13.2 Å². The van der Waals surface area contributed by atoms with Gasteiger partial charge >= 0.3 is 0 Å². The number of nitrogens with one attached hydrogen (secondary N) is 1. The number of fused-ring (bicyclic) bond motifs is 1. The predicted octanol–water partition coefficient (Wildman–Crippen LogP) is 4.82. The number of carbonyl (C=O) groups is 1. The monoisotopic (exact) mass is 490 g/mol. The van der Waals surface area contributed by atoms with Gasteiger partial charge in [0.1, 0.15) is 0 Å². The van der Waals surface area contributed by atoms with Gasteiger partial charge in [-0.25, -0.2) is 8.42 Å². The highest BCUT2D eigenvalue weighted by atomic mass is 79.9. The summed E-state index contributed by atoms with van der Waals surface area (Å²) in [5, 5.41) is 2.04. The van der Waals surface area contributed by atoms with Crippen molar-refractivity contribution in [3.63, 3.8) is 0 Å². The summed E-state index contributed by atoms with van der Waals surface area (Å²) in [6.45, 7) is 3.09. The molecule has 1 aromatic heterocycles. The zero-order valence-corrected chi connectivity index (χ0v) is 18.9. The fourth-order valence-electron chi connectivity index (χ4n) is 3.32. The van der Waals surface area contributed by atoms with E-state index in [4.69, 9.17) is 0 Å². The molecule has 0 saturated heterocycles. The molecule has 0 bridgehead atoms. The van der Waals surface area contributed by atoms with E-state index in [2.05, 4.69) is 20.7 Å². The van der Waals surface area contributed by atoms with Crippen molar-refractivity contribution in [1.82, 2.24) is 4.90 Å². The van der Waals surface area contributed by atoms with Gasteiger partial charge in [-0.05, 0) is 82.2 Å². The number of carbonyl (C=O) groups excluding carboxylic acids is 1. The molecule has 1 N–H and O–H groups in total. The molecule has 0 aliphatic carbocycles. The number of thiophene rings is 1. The van der Waals surface area contributed by atoms with E-state index in [0.29, 0.717) is 28.8 Å². The lowest BCUT2D eigenvalue weighted by Crippen LogP contribution is -2.35. The number of hydrogen-bond donors (Lipinski definition) is 1. The number of rotatable bonds is 4. The molecule has 1 aliphatic heterocycles. The van der Waals surface area contributed by atoms with E-state index in [0.717, 1.165) is 12.0 Å². The van der Waals surface area contributed by atoms with Crippen molar-refractivity contribution in [2.75, 3.05) is 11.3 Å². The van der Waals surface area contributed by atoms with E-state index >= 15 is 0 Å². The second kappa shape index (κ2) is 7.93. The molecule has 0 spiro atoms. The molecule has 29 heavy (non-hydrogen) atoms. The Hall–Kier alpha value is -2.16. The van der Waals surface area contributed by atoms with Crippen LogP contribution in [0.1, 0.15) is 26.4 Å². The molecule has 4 rings (SSSR count). The van der Waals surface area contributed by atoms with Gasteiger partial charge in [0.05, 0.1) is 10.6 Å². The summed E-state index contributed by atoms with van der Waals surface area (Å²) in [7, 11) is -3.83. The van der Waals surface area contributed by atoms with Crippen molar-refractivity contribution in [1.29, 1.82) is 0 Å². The van der Waals surface area contributed by atoms with Crippen molar-refractivity contribution in [2.45, 2.75) is 24.8 Å². The standard InChI is InChI=1S/C21H19BrN2O3S2/c1-14-5-6-18(22)19(11-14)23-29(26,27)17-4-2-3-15(12-17)21(25)24-9-7-20-16(13-24)8-10-28-20/h2-6,8,10-12,23H,7,9,13H2,1H3. The number of aryl methyl sites for hydroxylation is 1. The Morgan fingerprint density at radius 2 is 2.00 bits per heavy atom. The van der Waals surface area contributed by atoms with Crippen LogP contribution in [0.25, 0.3) is 0 Å². The number of benzene rings is 2. The first-order valence-corrected chi connectivity index (χ1v) is 12.2. The van der Waals surface area contributed by atoms with Crippen molar-refractivity contribution in [3.8, 4) is 0 Å². The number of amides is 1. The molecule has 150 valence electrons. The zero-order chi connectivity index (χ0) is 20.6. The number of sulfonamides is 1. The van der Waals surface area contributed by atoms with Gasteiger partial charge in [0, 0.05) is 28.0 Å². The second-order valence-electron chi connectivity index (χ2n) is 6.96. The largest absolute Gasteiger partial charge is 0.334 e. The number of halogens is 1. The SMILES string of the molecule is Cc1ccc(Br)c(NS(=O)(=O)c2cccc(C(=O)N3CCc4sccc4C3)c2)c1. The lowest BCUT2D eigenvalue weighted by Gasteiger charge is -2.27. The molecule has 0 fully saturated rings. The minimum absolute atomic E-state index is 0.0602. The molecule has 0 radical (unpaired) electrons. The molecular formula is C21H19BrN2O3S2.